The number of carbonyl (C=O) groups excluding carboxylic acids is 2. The van der Waals surface area contributed by atoms with Crippen LogP contribution in [0.5, 0.6) is 0 Å². The Morgan fingerprint density at radius 2 is 1.75 bits per heavy atom. The van der Waals surface area contributed by atoms with Crippen molar-refractivity contribution in [2.24, 2.45) is 5.41 Å². The molecule has 40 heavy (non-hydrogen) atoms. The van der Waals surface area contributed by atoms with Crippen LogP contribution in [-0.2, 0) is 14.3 Å². The third-order valence-electron chi connectivity index (χ3n) is 6.38. The second-order valence-electron chi connectivity index (χ2n) is 9.31. The van der Waals surface area contributed by atoms with Gasteiger partial charge >= 0.3 is 18.2 Å². The summed E-state index contributed by atoms with van der Waals surface area (Å²) in [5, 5.41) is 22.9. The number of anilines is 2. The molecule has 15 heteroatoms. The van der Waals surface area contributed by atoms with Crippen molar-refractivity contribution < 1.29 is 29.0 Å². The molecule has 1 aromatic heterocycles. The SMILES string of the molecule is Cc1c(Cl)cccc1-c1nnc(NC(=O)OCCSSCCOC(=O)NCC2(CC(=O)O)CCCCC2)nc1N. The fourth-order valence-corrected chi connectivity index (χ4v) is 6.21. The van der Waals surface area contributed by atoms with Crippen molar-refractivity contribution >= 4 is 63.1 Å². The van der Waals surface area contributed by atoms with Gasteiger partial charge in [-0.15, -0.1) is 10.2 Å². The van der Waals surface area contributed by atoms with Crippen molar-refractivity contribution in [1.82, 2.24) is 20.5 Å². The number of hydrogen-bond donors (Lipinski definition) is 4. The lowest BCUT2D eigenvalue weighted by atomic mass is 9.72. The molecule has 1 fully saturated rings. The Bertz CT molecular complexity index is 1180. The van der Waals surface area contributed by atoms with E-state index < -0.39 is 23.6 Å². The number of carbonyl (C=O) groups is 3. The average molecular weight is 613 g/mol. The van der Waals surface area contributed by atoms with Gasteiger partial charge in [-0.25, -0.2) is 9.59 Å². The van der Waals surface area contributed by atoms with Crippen LogP contribution < -0.4 is 16.4 Å². The third-order valence-corrected chi connectivity index (χ3v) is 9.12. The maximum atomic E-state index is 12.0. The Balaban J connectivity index is 1.27. The number of nitrogens with two attached hydrogens (primary N) is 1. The van der Waals surface area contributed by atoms with E-state index in [-0.39, 0.29) is 31.4 Å². The number of carboxylic acid groups (broad SMARTS) is 1. The lowest BCUT2D eigenvalue weighted by Gasteiger charge is -2.36. The molecule has 2 aromatic rings. The molecule has 0 bridgehead atoms. The molecule has 0 aliphatic heterocycles. The highest BCUT2D eigenvalue weighted by atomic mass is 35.5. The molecule has 12 nitrogen and oxygen atoms in total. The second kappa shape index (κ2) is 15.7. The van der Waals surface area contributed by atoms with Crippen molar-refractivity contribution in [2.45, 2.75) is 45.4 Å². The summed E-state index contributed by atoms with van der Waals surface area (Å²) >= 11 is 6.15. The molecule has 3 rings (SSSR count). The van der Waals surface area contributed by atoms with E-state index in [2.05, 4.69) is 25.8 Å². The van der Waals surface area contributed by atoms with Gasteiger partial charge in [0, 0.05) is 28.6 Å². The summed E-state index contributed by atoms with van der Waals surface area (Å²) in [6.45, 7) is 2.48. The minimum Gasteiger partial charge on any atom is -0.481 e. The number of aromatic nitrogens is 3. The van der Waals surface area contributed by atoms with Crippen molar-refractivity contribution in [3.05, 3.63) is 28.8 Å². The predicted octanol–water partition coefficient (Wildman–Crippen LogP) is 5.16. The zero-order valence-corrected chi connectivity index (χ0v) is 24.5. The van der Waals surface area contributed by atoms with Crippen LogP contribution in [0.4, 0.5) is 21.4 Å². The molecule has 0 saturated heterocycles. The number of alkyl carbamates (subject to hydrolysis) is 1. The van der Waals surface area contributed by atoms with E-state index in [0.717, 1.165) is 37.7 Å². The summed E-state index contributed by atoms with van der Waals surface area (Å²) in [4.78, 5) is 39.4. The largest absolute Gasteiger partial charge is 0.481 e. The number of nitrogen functional groups attached to an aromatic ring is 1. The quantitative estimate of drug-likeness (QED) is 0.173. The van der Waals surface area contributed by atoms with Gasteiger partial charge in [0.2, 0.25) is 0 Å². The molecule has 1 aliphatic rings. The van der Waals surface area contributed by atoms with Gasteiger partial charge in [-0.1, -0.05) is 64.6 Å². The molecular formula is C25H33ClN6O6S2. The normalized spacial score (nSPS) is 14.2. The molecular weight excluding hydrogens is 580 g/mol. The summed E-state index contributed by atoms with van der Waals surface area (Å²) in [6, 6.07) is 5.33. The summed E-state index contributed by atoms with van der Waals surface area (Å²) in [5.41, 5.74) is 7.46. The number of nitrogens with one attached hydrogen (secondary N) is 2. The zero-order valence-electron chi connectivity index (χ0n) is 22.1. The fraction of sp³-hybridized carbons (Fsp3) is 0.520. The lowest BCUT2D eigenvalue weighted by molar-refractivity contribution is -0.140. The minimum atomic E-state index is -0.847. The van der Waals surface area contributed by atoms with Gasteiger partial charge in [0.15, 0.2) is 5.82 Å². The first-order valence-corrected chi connectivity index (χ1v) is 15.6. The molecule has 5 N–H and O–H groups in total. The molecule has 0 atom stereocenters. The standard InChI is InChI=1S/C25H33ClN6O6S2/c1-16-17(6-5-7-18(16)26)20-21(27)29-22(32-31-20)30-24(36)38-11-13-40-39-12-10-37-23(35)28-15-25(14-19(33)34)8-3-2-4-9-25/h5-7H,2-4,8-15H2,1H3,(H,28,35)(H,33,34)(H3,27,29,30,32,36). The summed E-state index contributed by atoms with van der Waals surface area (Å²) in [7, 11) is 2.93. The highest BCUT2D eigenvalue weighted by molar-refractivity contribution is 8.76. The first kappa shape index (κ1) is 31.6. The van der Waals surface area contributed by atoms with E-state index in [4.69, 9.17) is 26.8 Å². The maximum Gasteiger partial charge on any atom is 0.414 e. The van der Waals surface area contributed by atoms with Gasteiger partial charge in [-0.2, -0.15) is 4.98 Å². The molecule has 1 aliphatic carbocycles. The highest BCUT2D eigenvalue weighted by Gasteiger charge is 2.34. The smallest absolute Gasteiger partial charge is 0.414 e. The Labute approximate surface area is 245 Å². The van der Waals surface area contributed by atoms with Gasteiger partial charge in [0.25, 0.3) is 5.95 Å². The number of hydrogen-bond acceptors (Lipinski definition) is 11. The Hall–Kier alpha value is -2.97. The molecule has 0 unspecified atom stereocenters. The van der Waals surface area contributed by atoms with Crippen LogP contribution in [-0.4, -0.2) is 69.7 Å². The van der Waals surface area contributed by atoms with Crippen molar-refractivity contribution in [3.8, 4) is 11.3 Å². The highest BCUT2D eigenvalue weighted by Crippen LogP contribution is 2.38. The Morgan fingerprint density at radius 3 is 2.40 bits per heavy atom. The van der Waals surface area contributed by atoms with Gasteiger partial charge in [0.05, 0.1) is 6.42 Å². The van der Waals surface area contributed by atoms with E-state index in [1.807, 2.05) is 6.92 Å². The van der Waals surface area contributed by atoms with E-state index in [0.29, 0.717) is 34.3 Å². The van der Waals surface area contributed by atoms with E-state index in [1.54, 1.807) is 18.2 Å². The lowest BCUT2D eigenvalue weighted by Crippen LogP contribution is -2.40. The molecule has 1 aromatic carbocycles. The van der Waals surface area contributed by atoms with E-state index >= 15 is 0 Å². The molecule has 218 valence electrons. The van der Waals surface area contributed by atoms with Gasteiger partial charge in [-0.05, 0) is 36.8 Å². The Morgan fingerprint density at radius 1 is 1.07 bits per heavy atom. The van der Waals surface area contributed by atoms with Crippen molar-refractivity contribution in [2.75, 3.05) is 42.3 Å². The summed E-state index contributed by atoms with van der Waals surface area (Å²) in [6.07, 6.45) is 3.39. The predicted molar refractivity (Wildman–Crippen MR) is 156 cm³/mol. The van der Waals surface area contributed by atoms with Crippen LogP contribution >= 0.6 is 33.2 Å². The third kappa shape index (κ3) is 9.89. The van der Waals surface area contributed by atoms with E-state index in [9.17, 15) is 19.5 Å². The molecule has 1 saturated carbocycles. The van der Waals surface area contributed by atoms with Crippen molar-refractivity contribution in [1.29, 1.82) is 0 Å². The number of amides is 2. The first-order chi connectivity index (χ1) is 19.2. The first-order valence-electron chi connectivity index (χ1n) is 12.8. The van der Waals surface area contributed by atoms with Crippen LogP contribution in [0.3, 0.4) is 0 Å². The van der Waals surface area contributed by atoms with Crippen LogP contribution in [0.2, 0.25) is 5.02 Å². The van der Waals surface area contributed by atoms with Crippen LogP contribution in [0.15, 0.2) is 18.2 Å². The zero-order chi connectivity index (χ0) is 29.0. The molecule has 1 heterocycles. The van der Waals surface area contributed by atoms with Crippen LogP contribution in [0.1, 0.15) is 44.1 Å². The molecule has 0 radical (unpaired) electrons. The van der Waals surface area contributed by atoms with Gasteiger partial charge < -0.3 is 25.6 Å². The summed E-state index contributed by atoms with van der Waals surface area (Å²) in [5.74, 6) is 0.214. The van der Waals surface area contributed by atoms with Gasteiger partial charge in [0.1, 0.15) is 18.9 Å². The number of rotatable bonds is 13. The maximum absolute atomic E-state index is 12.0. The number of nitrogens with zero attached hydrogens (tertiary/aromatic N) is 3. The number of ether oxygens (including phenoxy) is 2. The number of benzene rings is 1. The van der Waals surface area contributed by atoms with Gasteiger partial charge in [-0.3, -0.25) is 10.1 Å². The number of halogens is 1. The molecule has 2 amide bonds. The second-order valence-corrected chi connectivity index (χ2v) is 12.4. The van der Waals surface area contributed by atoms with E-state index in [1.165, 1.54) is 21.6 Å². The summed E-state index contributed by atoms with van der Waals surface area (Å²) < 4.78 is 10.3. The van der Waals surface area contributed by atoms with Crippen LogP contribution in [0.25, 0.3) is 11.3 Å². The van der Waals surface area contributed by atoms with Crippen LogP contribution in [0, 0.1) is 12.3 Å². The fourth-order valence-electron chi connectivity index (χ4n) is 4.38. The topological polar surface area (TPSA) is 179 Å². The van der Waals surface area contributed by atoms with Crippen molar-refractivity contribution in [3.63, 3.8) is 0 Å². The number of carboxylic acids is 1. The Kier molecular flexibility index (Phi) is 12.4. The minimum absolute atomic E-state index is 0.0494. The monoisotopic (exact) mass is 612 g/mol. The average Bonchev–Trinajstić information content (AvgIpc) is 2.91. The number of aliphatic carboxylic acids is 1. The molecule has 0 spiro atoms.